The van der Waals surface area contributed by atoms with E-state index in [-0.39, 0.29) is 11.9 Å². The Morgan fingerprint density at radius 1 is 1.29 bits per heavy atom. The summed E-state index contributed by atoms with van der Waals surface area (Å²) in [6.45, 7) is 1.07. The molecule has 1 amide bonds. The van der Waals surface area contributed by atoms with Crippen LogP contribution in [-0.4, -0.2) is 56.0 Å². The van der Waals surface area contributed by atoms with Crippen LogP contribution in [0.15, 0.2) is 0 Å². The van der Waals surface area contributed by atoms with Gasteiger partial charge in [0.2, 0.25) is 15.9 Å². The van der Waals surface area contributed by atoms with E-state index in [1.165, 1.54) is 10.6 Å². The number of hydrogen-bond acceptors (Lipinski definition) is 4. The second-order valence-electron chi connectivity index (χ2n) is 6.20. The Labute approximate surface area is 126 Å². The maximum Gasteiger partial charge on any atom is 0.243 e. The molecule has 0 bridgehead atoms. The van der Waals surface area contributed by atoms with Crippen LogP contribution in [0.3, 0.4) is 0 Å². The minimum atomic E-state index is -3.20. The Morgan fingerprint density at radius 3 is 2.24 bits per heavy atom. The first kappa shape index (κ1) is 16.2. The summed E-state index contributed by atoms with van der Waals surface area (Å²) in [5, 5.41) is 9.38. The molecule has 0 N–H and O–H groups in total. The van der Waals surface area contributed by atoms with Crippen LogP contribution in [0.5, 0.6) is 0 Å². The molecule has 1 saturated carbocycles. The molecule has 0 unspecified atom stereocenters. The van der Waals surface area contributed by atoms with Crippen LogP contribution < -0.4 is 0 Å². The zero-order valence-electron chi connectivity index (χ0n) is 12.7. The third-order valence-corrected chi connectivity index (χ3v) is 6.21. The average molecular weight is 313 g/mol. The number of carbonyl (C=O) groups is 1. The summed E-state index contributed by atoms with van der Waals surface area (Å²) < 4.78 is 24.5. The Kier molecular flexibility index (Phi) is 4.59. The van der Waals surface area contributed by atoms with Gasteiger partial charge in [0, 0.05) is 26.2 Å². The topological polar surface area (TPSA) is 81.5 Å². The largest absolute Gasteiger partial charge is 0.341 e. The van der Waals surface area contributed by atoms with Crippen LogP contribution in [0, 0.1) is 16.7 Å². The number of carbonyl (C=O) groups excluding carboxylic acids is 1. The number of nitriles is 1. The Morgan fingerprint density at radius 2 is 1.81 bits per heavy atom. The second kappa shape index (κ2) is 5.93. The summed E-state index contributed by atoms with van der Waals surface area (Å²) in [5.41, 5.74) is -0.824. The first-order chi connectivity index (χ1) is 9.80. The van der Waals surface area contributed by atoms with Crippen LogP contribution in [-0.2, 0) is 14.8 Å². The third-order valence-electron chi connectivity index (χ3n) is 4.87. The normalized spacial score (nSPS) is 23.2. The van der Waals surface area contributed by atoms with Gasteiger partial charge < -0.3 is 4.90 Å². The highest BCUT2D eigenvalue weighted by atomic mass is 32.2. The highest BCUT2D eigenvalue weighted by Crippen LogP contribution is 2.39. The quantitative estimate of drug-likeness (QED) is 0.777. The van der Waals surface area contributed by atoms with E-state index < -0.39 is 15.4 Å². The zero-order valence-corrected chi connectivity index (χ0v) is 13.5. The predicted octanol–water partition coefficient (Wildman–Crippen LogP) is 0.953. The summed E-state index contributed by atoms with van der Waals surface area (Å²) in [6, 6.07) is 2.18. The predicted molar refractivity (Wildman–Crippen MR) is 78.7 cm³/mol. The molecule has 2 aliphatic rings. The lowest BCUT2D eigenvalue weighted by atomic mass is 9.85. The number of nitrogens with zero attached hydrogens (tertiary/aromatic N) is 3. The van der Waals surface area contributed by atoms with Gasteiger partial charge in [-0.05, 0) is 25.7 Å². The van der Waals surface area contributed by atoms with Crippen molar-refractivity contribution in [2.24, 2.45) is 5.41 Å². The van der Waals surface area contributed by atoms with Crippen molar-refractivity contribution in [1.82, 2.24) is 9.21 Å². The molecule has 2 fully saturated rings. The number of amides is 1. The number of rotatable bonds is 3. The fourth-order valence-electron chi connectivity index (χ4n) is 3.36. The second-order valence-corrected chi connectivity index (χ2v) is 8.25. The van der Waals surface area contributed by atoms with E-state index in [1.807, 2.05) is 0 Å². The van der Waals surface area contributed by atoms with E-state index in [0.717, 1.165) is 12.8 Å². The molecule has 0 atom stereocenters. The minimum absolute atomic E-state index is 0.0503. The lowest BCUT2D eigenvalue weighted by Crippen LogP contribution is -2.50. The first-order valence-corrected chi connectivity index (χ1v) is 9.29. The van der Waals surface area contributed by atoms with Crippen molar-refractivity contribution < 1.29 is 13.2 Å². The van der Waals surface area contributed by atoms with E-state index >= 15 is 0 Å². The van der Waals surface area contributed by atoms with Crippen molar-refractivity contribution in [3.05, 3.63) is 0 Å². The van der Waals surface area contributed by atoms with E-state index in [4.69, 9.17) is 0 Å². The summed E-state index contributed by atoms with van der Waals surface area (Å²) in [6.07, 6.45) is 5.66. The van der Waals surface area contributed by atoms with Gasteiger partial charge in [-0.25, -0.2) is 12.7 Å². The summed E-state index contributed by atoms with van der Waals surface area (Å²) >= 11 is 0. The number of sulfonamides is 1. The van der Waals surface area contributed by atoms with Gasteiger partial charge in [-0.3, -0.25) is 4.79 Å². The van der Waals surface area contributed by atoms with Gasteiger partial charge in [-0.15, -0.1) is 0 Å². The Bertz CT molecular complexity index is 538. The van der Waals surface area contributed by atoms with E-state index in [1.54, 1.807) is 11.9 Å². The van der Waals surface area contributed by atoms with Crippen LogP contribution in [0.2, 0.25) is 0 Å². The molecule has 1 aliphatic heterocycles. The maximum atomic E-state index is 12.6. The molecule has 7 heteroatoms. The number of likely N-dealkylation sites (tertiary alicyclic amines) is 1. The van der Waals surface area contributed by atoms with Gasteiger partial charge in [-0.2, -0.15) is 5.26 Å². The molecule has 1 aliphatic carbocycles. The SMILES string of the molecule is CN(C1CCN(C(=O)C2(C#N)CCCC2)CC1)S(C)(=O)=O. The highest BCUT2D eigenvalue weighted by Gasteiger charge is 2.44. The van der Waals surface area contributed by atoms with Crippen molar-refractivity contribution in [3.63, 3.8) is 0 Å². The molecule has 118 valence electrons. The van der Waals surface area contributed by atoms with Crippen molar-refractivity contribution in [2.75, 3.05) is 26.4 Å². The maximum absolute atomic E-state index is 12.6. The molecule has 0 aromatic heterocycles. The fourth-order valence-corrected chi connectivity index (χ4v) is 4.11. The van der Waals surface area contributed by atoms with Gasteiger partial charge in [-0.1, -0.05) is 12.8 Å². The zero-order chi connectivity index (χ0) is 15.7. The Balaban J connectivity index is 1.98. The molecule has 2 rings (SSSR count). The fraction of sp³-hybridized carbons (Fsp3) is 0.857. The molecule has 6 nitrogen and oxygen atoms in total. The van der Waals surface area contributed by atoms with Crippen molar-refractivity contribution in [1.29, 1.82) is 5.26 Å². The summed E-state index contributed by atoms with van der Waals surface area (Å²) in [4.78, 5) is 14.3. The van der Waals surface area contributed by atoms with Crippen molar-refractivity contribution in [3.8, 4) is 6.07 Å². The molecule has 0 spiro atoms. The van der Waals surface area contributed by atoms with Gasteiger partial charge in [0.15, 0.2) is 0 Å². The monoisotopic (exact) mass is 313 g/mol. The summed E-state index contributed by atoms with van der Waals surface area (Å²) in [5.74, 6) is -0.0528. The van der Waals surface area contributed by atoms with Gasteiger partial charge in [0.05, 0.1) is 12.3 Å². The minimum Gasteiger partial charge on any atom is -0.341 e. The van der Waals surface area contributed by atoms with Gasteiger partial charge >= 0.3 is 0 Å². The van der Waals surface area contributed by atoms with Crippen LogP contribution in [0.1, 0.15) is 38.5 Å². The Hall–Kier alpha value is -1.13. The van der Waals surface area contributed by atoms with Gasteiger partial charge in [0.1, 0.15) is 5.41 Å². The van der Waals surface area contributed by atoms with Crippen molar-refractivity contribution >= 4 is 15.9 Å². The van der Waals surface area contributed by atoms with E-state index in [2.05, 4.69) is 6.07 Å². The standard InChI is InChI=1S/C14H23N3O3S/c1-16(21(2,19)20)12-5-9-17(10-6-12)13(18)14(11-15)7-3-4-8-14/h12H,3-10H2,1-2H3. The first-order valence-electron chi connectivity index (χ1n) is 7.44. The lowest BCUT2D eigenvalue weighted by molar-refractivity contribution is -0.140. The summed E-state index contributed by atoms with van der Waals surface area (Å²) in [7, 11) is -1.61. The molecular weight excluding hydrogens is 290 g/mol. The van der Waals surface area contributed by atoms with Crippen LogP contribution >= 0.6 is 0 Å². The molecule has 0 aromatic carbocycles. The molecule has 1 heterocycles. The molecule has 1 saturated heterocycles. The molecular formula is C14H23N3O3S. The van der Waals surface area contributed by atoms with Crippen LogP contribution in [0.4, 0.5) is 0 Å². The molecule has 0 aromatic rings. The lowest BCUT2D eigenvalue weighted by Gasteiger charge is -2.38. The smallest absolute Gasteiger partial charge is 0.243 e. The molecule has 21 heavy (non-hydrogen) atoms. The van der Waals surface area contributed by atoms with E-state index in [0.29, 0.717) is 38.8 Å². The average Bonchev–Trinajstić information content (AvgIpc) is 2.95. The number of piperidine rings is 1. The number of hydrogen-bond donors (Lipinski definition) is 0. The van der Waals surface area contributed by atoms with E-state index in [9.17, 15) is 18.5 Å². The highest BCUT2D eigenvalue weighted by molar-refractivity contribution is 7.88. The van der Waals surface area contributed by atoms with Crippen LogP contribution in [0.25, 0.3) is 0 Å². The molecule has 0 radical (unpaired) electrons. The van der Waals surface area contributed by atoms with Gasteiger partial charge in [0.25, 0.3) is 0 Å². The third kappa shape index (κ3) is 3.22. The van der Waals surface area contributed by atoms with Crippen molar-refractivity contribution in [2.45, 2.75) is 44.6 Å².